The van der Waals surface area contributed by atoms with E-state index < -0.39 is 9.84 Å². The van der Waals surface area contributed by atoms with Gasteiger partial charge in [-0.1, -0.05) is 37.6 Å². The van der Waals surface area contributed by atoms with Gasteiger partial charge in [0.15, 0.2) is 9.84 Å². The number of hydrogen-bond acceptors (Lipinski definition) is 3. The number of hydrogen-bond donors (Lipinski definition) is 1. The topological polar surface area (TPSA) is 46.2 Å². The van der Waals surface area contributed by atoms with Gasteiger partial charge in [-0.3, -0.25) is 0 Å². The summed E-state index contributed by atoms with van der Waals surface area (Å²) < 4.78 is 24.3. The summed E-state index contributed by atoms with van der Waals surface area (Å²) in [7, 11) is -3.18. The van der Waals surface area contributed by atoms with Gasteiger partial charge >= 0.3 is 0 Å². The Bertz CT molecular complexity index is 619. The van der Waals surface area contributed by atoms with Crippen molar-refractivity contribution in [3.05, 3.63) is 35.9 Å². The predicted octanol–water partition coefficient (Wildman–Crippen LogP) is 3.88. The van der Waals surface area contributed by atoms with Gasteiger partial charge in [-0.15, -0.1) is 0 Å². The molecule has 2 unspecified atom stereocenters. The molecule has 4 heteroatoms. The van der Waals surface area contributed by atoms with Gasteiger partial charge in [-0.25, -0.2) is 8.42 Å². The molecule has 0 fully saturated rings. The maximum atomic E-state index is 12.1. The van der Waals surface area contributed by atoms with Crippen molar-refractivity contribution < 1.29 is 8.42 Å². The van der Waals surface area contributed by atoms with E-state index in [4.69, 9.17) is 0 Å². The lowest BCUT2D eigenvalue weighted by atomic mass is 9.84. The summed E-state index contributed by atoms with van der Waals surface area (Å²) in [5.41, 5.74) is 2.18. The molecule has 2 rings (SSSR count). The standard InChI is InChI=1S/C17H25NO2S/c1-4-21(19,20)17-8-6-5-7-16(17)18-12-15-10-13(2)9-14(3)11-15/h5-9,13,15,18H,4,10-12H2,1-3H3. The van der Waals surface area contributed by atoms with Crippen LogP contribution in [0, 0.1) is 11.8 Å². The SMILES string of the molecule is CCS(=O)(=O)c1ccccc1NCC1CC(C)=CC(C)C1. The maximum Gasteiger partial charge on any atom is 0.180 e. The molecule has 1 aromatic carbocycles. The van der Waals surface area contributed by atoms with Crippen molar-refractivity contribution in [3.8, 4) is 0 Å². The monoisotopic (exact) mass is 307 g/mol. The second-order valence-electron chi connectivity index (χ2n) is 6.08. The molecule has 0 saturated heterocycles. The van der Waals surface area contributed by atoms with Crippen molar-refractivity contribution in [1.29, 1.82) is 0 Å². The van der Waals surface area contributed by atoms with Crippen LogP contribution in [0.1, 0.15) is 33.6 Å². The van der Waals surface area contributed by atoms with E-state index in [9.17, 15) is 8.42 Å². The van der Waals surface area contributed by atoms with Crippen molar-refractivity contribution in [2.45, 2.75) is 38.5 Å². The first-order chi connectivity index (χ1) is 9.92. The minimum absolute atomic E-state index is 0.133. The highest BCUT2D eigenvalue weighted by molar-refractivity contribution is 7.91. The van der Waals surface area contributed by atoms with Gasteiger partial charge in [0.1, 0.15) is 0 Å². The van der Waals surface area contributed by atoms with Gasteiger partial charge in [-0.2, -0.15) is 0 Å². The van der Waals surface area contributed by atoms with Crippen molar-refractivity contribution in [1.82, 2.24) is 0 Å². The van der Waals surface area contributed by atoms with Crippen LogP contribution in [0.4, 0.5) is 5.69 Å². The minimum atomic E-state index is -3.18. The van der Waals surface area contributed by atoms with E-state index in [0.717, 1.165) is 25.1 Å². The second-order valence-corrected chi connectivity index (χ2v) is 8.32. The summed E-state index contributed by atoms with van der Waals surface area (Å²) in [5, 5.41) is 3.36. The van der Waals surface area contributed by atoms with Crippen LogP contribution < -0.4 is 5.32 Å². The molecule has 0 radical (unpaired) electrons. The van der Waals surface area contributed by atoms with Crippen molar-refractivity contribution in [2.24, 2.45) is 11.8 Å². The molecular formula is C17H25NO2S. The van der Waals surface area contributed by atoms with Crippen molar-refractivity contribution >= 4 is 15.5 Å². The Balaban J connectivity index is 2.10. The predicted molar refractivity (Wildman–Crippen MR) is 88.3 cm³/mol. The number of rotatable bonds is 5. The molecular weight excluding hydrogens is 282 g/mol. The summed E-state index contributed by atoms with van der Waals surface area (Å²) >= 11 is 0. The maximum absolute atomic E-state index is 12.1. The zero-order chi connectivity index (χ0) is 15.5. The van der Waals surface area contributed by atoms with Gasteiger partial charge in [0.05, 0.1) is 16.3 Å². The first kappa shape index (κ1) is 16.1. The molecule has 1 aliphatic carbocycles. The molecule has 1 aromatic rings. The Morgan fingerprint density at radius 3 is 2.67 bits per heavy atom. The van der Waals surface area contributed by atoms with Crippen LogP contribution in [0.25, 0.3) is 0 Å². The van der Waals surface area contributed by atoms with Crippen LogP contribution in [-0.4, -0.2) is 20.7 Å². The molecule has 0 spiro atoms. The normalized spacial score (nSPS) is 22.7. The number of anilines is 1. The fraction of sp³-hybridized carbons (Fsp3) is 0.529. The molecule has 1 aliphatic rings. The van der Waals surface area contributed by atoms with Gasteiger partial charge in [-0.05, 0) is 43.7 Å². The highest BCUT2D eigenvalue weighted by Crippen LogP contribution is 2.29. The highest BCUT2D eigenvalue weighted by atomic mass is 32.2. The summed E-state index contributed by atoms with van der Waals surface area (Å²) in [4.78, 5) is 0.420. The van der Waals surface area contributed by atoms with E-state index in [0.29, 0.717) is 16.7 Å². The first-order valence-corrected chi connectivity index (χ1v) is 9.30. The average molecular weight is 307 g/mol. The quantitative estimate of drug-likeness (QED) is 0.840. The largest absolute Gasteiger partial charge is 0.384 e. The average Bonchev–Trinajstić information content (AvgIpc) is 2.44. The van der Waals surface area contributed by atoms with E-state index >= 15 is 0 Å². The summed E-state index contributed by atoms with van der Waals surface area (Å²) in [5.74, 6) is 1.32. The number of benzene rings is 1. The van der Waals surface area contributed by atoms with Gasteiger partial charge in [0.2, 0.25) is 0 Å². The zero-order valence-electron chi connectivity index (χ0n) is 13.1. The third-order valence-corrected chi connectivity index (χ3v) is 5.85. The smallest absolute Gasteiger partial charge is 0.180 e. The van der Waals surface area contributed by atoms with Gasteiger partial charge < -0.3 is 5.32 Å². The number of sulfone groups is 1. The molecule has 1 N–H and O–H groups in total. The van der Waals surface area contributed by atoms with E-state index in [2.05, 4.69) is 25.2 Å². The number of nitrogens with one attached hydrogen (secondary N) is 1. The molecule has 0 aliphatic heterocycles. The van der Waals surface area contributed by atoms with Crippen molar-refractivity contribution in [3.63, 3.8) is 0 Å². The second kappa shape index (κ2) is 6.65. The zero-order valence-corrected chi connectivity index (χ0v) is 13.9. The van der Waals surface area contributed by atoms with Crippen molar-refractivity contribution in [2.75, 3.05) is 17.6 Å². The highest BCUT2D eigenvalue weighted by Gasteiger charge is 2.20. The Hall–Kier alpha value is -1.29. The van der Waals surface area contributed by atoms with E-state index in [1.165, 1.54) is 5.57 Å². The molecule has 3 nitrogen and oxygen atoms in total. The lowest BCUT2D eigenvalue weighted by Crippen LogP contribution is -2.21. The minimum Gasteiger partial charge on any atom is -0.384 e. The third kappa shape index (κ3) is 4.10. The fourth-order valence-electron chi connectivity index (χ4n) is 3.14. The fourth-order valence-corrected chi connectivity index (χ4v) is 4.21. The van der Waals surface area contributed by atoms with Gasteiger partial charge in [0, 0.05) is 6.54 Å². The van der Waals surface area contributed by atoms with Gasteiger partial charge in [0.25, 0.3) is 0 Å². The Morgan fingerprint density at radius 2 is 2.00 bits per heavy atom. The molecule has 116 valence electrons. The number of allylic oxidation sites excluding steroid dienone is 2. The molecule has 0 bridgehead atoms. The molecule has 0 amide bonds. The van der Waals surface area contributed by atoms with E-state index in [-0.39, 0.29) is 5.75 Å². The molecule has 0 heterocycles. The van der Waals surface area contributed by atoms with E-state index in [1.54, 1.807) is 19.1 Å². The lowest BCUT2D eigenvalue weighted by Gasteiger charge is -2.26. The number of para-hydroxylation sites is 1. The summed E-state index contributed by atoms with van der Waals surface area (Å²) in [6, 6.07) is 7.21. The Labute approximate surface area is 128 Å². The molecule has 2 atom stereocenters. The Kier molecular flexibility index (Phi) is 5.09. The Morgan fingerprint density at radius 1 is 1.29 bits per heavy atom. The van der Waals surface area contributed by atoms with Crippen LogP contribution >= 0.6 is 0 Å². The third-order valence-electron chi connectivity index (χ3n) is 4.07. The first-order valence-electron chi connectivity index (χ1n) is 7.65. The van der Waals surface area contributed by atoms with Crippen LogP contribution in [0.5, 0.6) is 0 Å². The van der Waals surface area contributed by atoms with E-state index in [1.807, 2.05) is 12.1 Å². The summed E-state index contributed by atoms with van der Waals surface area (Å²) in [6.07, 6.45) is 4.60. The van der Waals surface area contributed by atoms with Crippen LogP contribution in [0.15, 0.2) is 40.8 Å². The molecule has 0 saturated carbocycles. The summed E-state index contributed by atoms with van der Waals surface area (Å²) in [6.45, 7) is 6.93. The van der Waals surface area contributed by atoms with Crippen LogP contribution in [0.3, 0.4) is 0 Å². The van der Waals surface area contributed by atoms with Crippen LogP contribution in [0.2, 0.25) is 0 Å². The molecule has 0 aromatic heterocycles. The lowest BCUT2D eigenvalue weighted by molar-refractivity contribution is 0.421. The van der Waals surface area contributed by atoms with Crippen LogP contribution in [-0.2, 0) is 9.84 Å². The molecule has 21 heavy (non-hydrogen) atoms.